The fourth-order valence-corrected chi connectivity index (χ4v) is 0.430. The highest BCUT2D eigenvalue weighted by Crippen LogP contribution is 1.87. The maximum atomic E-state index is 10.4. The second kappa shape index (κ2) is 8.21. The van der Waals surface area contributed by atoms with Gasteiger partial charge in [0, 0.05) is 0 Å². The quantitative estimate of drug-likeness (QED) is 0.448. The minimum absolute atomic E-state index is 0. The van der Waals surface area contributed by atoms with Gasteiger partial charge in [-0.15, -0.1) is 0 Å². The average Bonchev–Trinajstić information content (AvgIpc) is 1.89. The van der Waals surface area contributed by atoms with Crippen LogP contribution in [0.1, 0.15) is 27.2 Å². The van der Waals surface area contributed by atoms with Gasteiger partial charge in [0.1, 0.15) is 0 Å². The molecular formula is C8H16O2. The van der Waals surface area contributed by atoms with Crippen molar-refractivity contribution >= 4 is 5.97 Å². The Bertz CT molecular complexity index is 106. The smallest absolute Gasteiger partial charge is 0.309 e. The van der Waals surface area contributed by atoms with Gasteiger partial charge in [0.2, 0.25) is 0 Å². The van der Waals surface area contributed by atoms with Gasteiger partial charge in [-0.05, 0) is 6.42 Å². The molecule has 0 aromatic rings. The highest BCUT2D eigenvalue weighted by Gasteiger charge is 1.91. The van der Waals surface area contributed by atoms with Crippen LogP contribution in [0.25, 0.3) is 0 Å². The summed E-state index contributed by atoms with van der Waals surface area (Å²) < 4.78 is 4.41. The first-order valence-electron chi connectivity index (χ1n) is 3.03. The molecule has 2 nitrogen and oxygen atoms in total. The van der Waals surface area contributed by atoms with Crippen molar-refractivity contribution in [2.75, 3.05) is 7.11 Å². The first-order chi connectivity index (χ1) is 4.31. The first kappa shape index (κ1) is 11.9. The van der Waals surface area contributed by atoms with E-state index in [0.29, 0.717) is 6.42 Å². The van der Waals surface area contributed by atoms with Gasteiger partial charge in [-0.1, -0.05) is 26.5 Å². The standard InChI is InChI=1S/C7H12O2.CH4/c1-3-4-5-6-7(8)9-2;/h4-5H,3,6H2,1-2H3;1H4/b5-4-;. The summed E-state index contributed by atoms with van der Waals surface area (Å²) in [5, 5.41) is 0. The molecule has 0 aromatic heterocycles. The van der Waals surface area contributed by atoms with Crippen molar-refractivity contribution in [1.82, 2.24) is 0 Å². The summed E-state index contributed by atoms with van der Waals surface area (Å²) in [6.45, 7) is 2.02. The molecule has 0 unspecified atom stereocenters. The number of rotatable bonds is 3. The van der Waals surface area contributed by atoms with Gasteiger partial charge in [0.15, 0.2) is 0 Å². The van der Waals surface area contributed by atoms with E-state index in [9.17, 15) is 4.79 Å². The average molecular weight is 144 g/mol. The van der Waals surface area contributed by atoms with Gasteiger partial charge in [0.25, 0.3) is 0 Å². The zero-order valence-corrected chi connectivity index (χ0v) is 5.89. The Balaban J connectivity index is 0. The van der Waals surface area contributed by atoms with E-state index in [-0.39, 0.29) is 13.4 Å². The van der Waals surface area contributed by atoms with Gasteiger partial charge >= 0.3 is 5.97 Å². The summed E-state index contributed by atoms with van der Waals surface area (Å²) in [4.78, 5) is 10.4. The van der Waals surface area contributed by atoms with E-state index in [1.54, 1.807) is 0 Å². The molecule has 0 aliphatic carbocycles. The molecule has 2 heteroatoms. The van der Waals surface area contributed by atoms with E-state index >= 15 is 0 Å². The minimum Gasteiger partial charge on any atom is -0.469 e. The topological polar surface area (TPSA) is 26.3 Å². The SMILES string of the molecule is C.CC/C=C\CC(=O)OC. The Hall–Kier alpha value is -0.790. The highest BCUT2D eigenvalue weighted by atomic mass is 16.5. The molecule has 0 bridgehead atoms. The Kier molecular flexibility index (Phi) is 9.80. The number of methoxy groups -OCH3 is 1. The molecule has 10 heavy (non-hydrogen) atoms. The summed E-state index contributed by atoms with van der Waals surface area (Å²) in [5.41, 5.74) is 0. The first-order valence-corrected chi connectivity index (χ1v) is 3.03. The van der Waals surface area contributed by atoms with Crippen molar-refractivity contribution in [2.24, 2.45) is 0 Å². The lowest BCUT2D eigenvalue weighted by Crippen LogP contribution is -1.96. The van der Waals surface area contributed by atoms with E-state index < -0.39 is 0 Å². The fraction of sp³-hybridized carbons (Fsp3) is 0.625. The van der Waals surface area contributed by atoms with Crippen molar-refractivity contribution in [2.45, 2.75) is 27.2 Å². The van der Waals surface area contributed by atoms with Crippen LogP contribution in [-0.4, -0.2) is 13.1 Å². The molecule has 0 saturated heterocycles. The van der Waals surface area contributed by atoms with Gasteiger partial charge in [-0.25, -0.2) is 0 Å². The largest absolute Gasteiger partial charge is 0.469 e. The molecule has 0 fully saturated rings. The number of ether oxygens (including phenoxy) is 1. The Morgan fingerprint density at radius 2 is 2.10 bits per heavy atom. The van der Waals surface area contributed by atoms with Gasteiger partial charge in [0.05, 0.1) is 13.5 Å². The number of carbonyl (C=O) groups excluding carboxylic acids is 1. The van der Waals surface area contributed by atoms with Crippen molar-refractivity contribution in [3.05, 3.63) is 12.2 Å². The van der Waals surface area contributed by atoms with Crippen molar-refractivity contribution in [3.63, 3.8) is 0 Å². The van der Waals surface area contributed by atoms with Crippen LogP contribution in [0.4, 0.5) is 0 Å². The number of hydrogen-bond acceptors (Lipinski definition) is 2. The molecule has 0 spiro atoms. The van der Waals surface area contributed by atoms with Gasteiger partial charge < -0.3 is 4.74 Å². The molecular weight excluding hydrogens is 128 g/mol. The third-order valence-corrected chi connectivity index (χ3v) is 0.915. The molecule has 0 radical (unpaired) electrons. The molecule has 0 aliphatic rings. The summed E-state index contributed by atoms with van der Waals surface area (Å²) in [6, 6.07) is 0. The molecule has 60 valence electrons. The van der Waals surface area contributed by atoms with Crippen LogP contribution < -0.4 is 0 Å². The van der Waals surface area contributed by atoms with Crippen LogP contribution in [0.3, 0.4) is 0 Å². The van der Waals surface area contributed by atoms with Crippen LogP contribution >= 0.6 is 0 Å². The molecule has 0 N–H and O–H groups in total. The van der Waals surface area contributed by atoms with E-state index in [2.05, 4.69) is 4.74 Å². The minimum atomic E-state index is -0.181. The summed E-state index contributed by atoms with van der Waals surface area (Å²) >= 11 is 0. The number of carbonyl (C=O) groups is 1. The zero-order chi connectivity index (χ0) is 7.11. The number of allylic oxidation sites excluding steroid dienone is 1. The predicted molar refractivity (Wildman–Crippen MR) is 42.8 cm³/mol. The third kappa shape index (κ3) is 7.21. The summed E-state index contributed by atoms with van der Waals surface area (Å²) in [6.07, 6.45) is 5.12. The molecule has 0 rings (SSSR count). The van der Waals surface area contributed by atoms with Crippen molar-refractivity contribution in [3.8, 4) is 0 Å². The highest BCUT2D eigenvalue weighted by molar-refractivity contribution is 5.70. The van der Waals surface area contributed by atoms with E-state index in [4.69, 9.17) is 0 Å². The monoisotopic (exact) mass is 144 g/mol. The lowest BCUT2D eigenvalue weighted by Gasteiger charge is -1.90. The van der Waals surface area contributed by atoms with E-state index in [1.165, 1.54) is 7.11 Å². The molecule has 0 heterocycles. The number of esters is 1. The molecule has 0 atom stereocenters. The van der Waals surface area contributed by atoms with Gasteiger partial charge in [-0.3, -0.25) is 4.79 Å². The Morgan fingerprint density at radius 1 is 1.50 bits per heavy atom. The molecule has 0 aliphatic heterocycles. The zero-order valence-electron chi connectivity index (χ0n) is 5.89. The van der Waals surface area contributed by atoms with Crippen LogP contribution in [0.15, 0.2) is 12.2 Å². The lowest BCUT2D eigenvalue weighted by atomic mass is 10.3. The second-order valence-electron chi connectivity index (χ2n) is 1.66. The van der Waals surface area contributed by atoms with Gasteiger partial charge in [-0.2, -0.15) is 0 Å². The predicted octanol–water partition coefficient (Wildman–Crippen LogP) is 2.15. The molecule has 0 aromatic carbocycles. The Morgan fingerprint density at radius 3 is 2.50 bits per heavy atom. The summed E-state index contributed by atoms with van der Waals surface area (Å²) in [5.74, 6) is -0.181. The molecule has 0 amide bonds. The third-order valence-electron chi connectivity index (χ3n) is 0.915. The van der Waals surface area contributed by atoms with Crippen LogP contribution in [-0.2, 0) is 9.53 Å². The molecule has 0 saturated carbocycles. The van der Waals surface area contributed by atoms with Crippen LogP contribution in [0.5, 0.6) is 0 Å². The summed E-state index contributed by atoms with van der Waals surface area (Å²) in [7, 11) is 1.39. The van der Waals surface area contributed by atoms with Crippen molar-refractivity contribution < 1.29 is 9.53 Å². The van der Waals surface area contributed by atoms with Crippen LogP contribution in [0, 0.1) is 0 Å². The second-order valence-corrected chi connectivity index (χ2v) is 1.66. The lowest BCUT2D eigenvalue weighted by molar-refractivity contribution is -0.139. The van der Waals surface area contributed by atoms with Crippen molar-refractivity contribution in [1.29, 1.82) is 0 Å². The normalized spacial score (nSPS) is 9.00. The maximum absolute atomic E-state index is 10.4. The van der Waals surface area contributed by atoms with Crippen LogP contribution in [0.2, 0.25) is 0 Å². The maximum Gasteiger partial charge on any atom is 0.309 e. The van der Waals surface area contributed by atoms with E-state index in [0.717, 1.165) is 6.42 Å². The number of hydrogen-bond donors (Lipinski definition) is 0. The Labute approximate surface area is 62.9 Å². The van der Waals surface area contributed by atoms with E-state index in [1.807, 2.05) is 19.1 Å². The fourth-order valence-electron chi connectivity index (χ4n) is 0.430.